The number of carbonyl (C=O) groups excluding carboxylic acids is 1. The van der Waals surface area contributed by atoms with Crippen LogP contribution in [0.3, 0.4) is 0 Å². The Kier molecular flexibility index (Phi) is 3.94. The van der Waals surface area contributed by atoms with Gasteiger partial charge in [0.15, 0.2) is 0 Å². The summed E-state index contributed by atoms with van der Waals surface area (Å²) in [5.41, 5.74) is 4.80. The molecule has 2 N–H and O–H groups in total. The van der Waals surface area contributed by atoms with Gasteiger partial charge in [-0.3, -0.25) is 9.89 Å². The fourth-order valence-corrected chi connectivity index (χ4v) is 4.93. The molecule has 8 nitrogen and oxygen atoms in total. The Morgan fingerprint density at radius 3 is 2.93 bits per heavy atom. The number of hydrogen-bond acceptors (Lipinski definition) is 5. The molecule has 154 valence electrons. The third-order valence-corrected chi connectivity index (χ3v) is 6.77. The molecule has 0 bridgehead atoms. The number of nitrogens with one attached hydrogen (secondary N) is 2. The zero-order valence-corrected chi connectivity index (χ0v) is 17.0. The zero-order valence-electron chi connectivity index (χ0n) is 17.0. The van der Waals surface area contributed by atoms with Gasteiger partial charge in [-0.05, 0) is 55.2 Å². The maximum Gasteiger partial charge on any atom is 0.272 e. The van der Waals surface area contributed by atoms with Crippen molar-refractivity contribution in [1.82, 2.24) is 30.0 Å². The highest BCUT2D eigenvalue weighted by Crippen LogP contribution is 2.45. The van der Waals surface area contributed by atoms with Crippen LogP contribution in [0.15, 0.2) is 30.9 Å². The van der Waals surface area contributed by atoms with Crippen LogP contribution in [-0.4, -0.2) is 43.7 Å². The van der Waals surface area contributed by atoms with Crippen molar-refractivity contribution in [2.75, 3.05) is 18.0 Å². The number of piperidine rings is 1. The van der Waals surface area contributed by atoms with E-state index in [9.17, 15) is 4.79 Å². The summed E-state index contributed by atoms with van der Waals surface area (Å²) in [5.74, 6) is 2.71. The molecule has 3 aromatic heterocycles. The van der Waals surface area contributed by atoms with E-state index >= 15 is 0 Å². The van der Waals surface area contributed by atoms with Crippen molar-refractivity contribution in [3.8, 4) is 0 Å². The Bertz CT molecular complexity index is 1090. The van der Waals surface area contributed by atoms with E-state index in [0.29, 0.717) is 12.2 Å². The fraction of sp³-hybridized carbons (Fsp3) is 0.455. The molecule has 8 heteroatoms. The molecule has 0 spiro atoms. The van der Waals surface area contributed by atoms with Crippen molar-refractivity contribution in [3.05, 3.63) is 59.1 Å². The monoisotopic (exact) mass is 403 g/mol. The predicted molar refractivity (Wildman–Crippen MR) is 111 cm³/mol. The number of carbonyl (C=O) groups is 1. The SMILES string of the molecule is Cc1[nH]nc2c1CC[C@H]2NC(=O)c1cn(Cc2ccc(N3CC4CC4C3)nc2)cn1. The molecule has 1 saturated heterocycles. The van der Waals surface area contributed by atoms with Gasteiger partial charge in [0.25, 0.3) is 5.91 Å². The average molecular weight is 403 g/mol. The Balaban J connectivity index is 1.09. The minimum atomic E-state index is -0.159. The average Bonchev–Trinajstić information content (AvgIpc) is 3.21. The largest absolute Gasteiger partial charge is 0.356 e. The summed E-state index contributed by atoms with van der Waals surface area (Å²) in [6.45, 7) is 4.96. The van der Waals surface area contributed by atoms with E-state index in [1.54, 1.807) is 12.5 Å². The topological polar surface area (TPSA) is 91.7 Å². The van der Waals surface area contributed by atoms with Crippen LogP contribution in [0.2, 0.25) is 0 Å². The lowest BCUT2D eigenvalue weighted by Gasteiger charge is -2.19. The Morgan fingerprint density at radius 1 is 1.27 bits per heavy atom. The van der Waals surface area contributed by atoms with E-state index < -0.39 is 0 Å². The van der Waals surface area contributed by atoms with E-state index in [2.05, 4.69) is 42.5 Å². The van der Waals surface area contributed by atoms with E-state index in [4.69, 9.17) is 0 Å². The molecule has 6 rings (SSSR count). The van der Waals surface area contributed by atoms with Crippen LogP contribution in [0.1, 0.15) is 51.9 Å². The minimum Gasteiger partial charge on any atom is -0.356 e. The molecule has 30 heavy (non-hydrogen) atoms. The van der Waals surface area contributed by atoms with Crippen LogP contribution in [0, 0.1) is 18.8 Å². The Hall–Kier alpha value is -3.16. The second-order valence-corrected chi connectivity index (χ2v) is 8.89. The van der Waals surface area contributed by atoms with Crippen LogP contribution in [0.25, 0.3) is 0 Å². The number of H-pyrrole nitrogens is 1. The molecule has 2 fully saturated rings. The van der Waals surface area contributed by atoms with Gasteiger partial charge < -0.3 is 14.8 Å². The molecular weight excluding hydrogens is 378 g/mol. The van der Waals surface area contributed by atoms with E-state index in [-0.39, 0.29) is 11.9 Å². The number of pyridine rings is 1. The van der Waals surface area contributed by atoms with Crippen molar-refractivity contribution in [3.63, 3.8) is 0 Å². The number of aromatic nitrogens is 5. The maximum absolute atomic E-state index is 12.7. The van der Waals surface area contributed by atoms with Gasteiger partial charge in [0.1, 0.15) is 11.5 Å². The normalized spacial score (nSPS) is 24.0. The molecular formula is C22H25N7O. The van der Waals surface area contributed by atoms with Crippen LogP contribution >= 0.6 is 0 Å². The van der Waals surface area contributed by atoms with Gasteiger partial charge in [0.05, 0.1) is 24.6 Å². The summed E-state index contributed by atoms with van der Waals surface area (Å²) in [4.78, 5) is 24.0. The Morgan fingerprint density at radius 2 is 2.13 bits per heavy atom. The first kappa shape index (κ1) is 17.7. The molecule has 1 aliphatic heterocycles. The van der Waals surface area contributed by atoms with Crippen LogP contribution in [-0.2, 0) is 13.0 Å². The number of imidazole rings is 1. The van der Waals surface area contributed by atoms with E-state index in [1.165, 1.54) is 12.0 Å². The zero-order chi connectivity index (χ0) is 20.2. The lowest BCUT2D eigenvalue weighted by atomic mass is 10.2. The first-order valence-corrected chi connectivity index (χ1v) is 10.7. The standard InChI is InChI=1S/C22H25N7O/c1-13-17-3-4-18(21(17)27-26-13)25-22(30)19-11-28(12-24-19)8-14-2-5-20(23-7-14)29-9-15-6-16(15)10-29/h2,5,7,11-12,15-16,18H,3-4,6,8-10H2,1H3,(H,25,30)(H,26,27)/t15?,16?,18-/m1/s1. The summed E-state index contributed by atoms with van der Waals surface area (Å²) in [6, 6.07) is 4.18. The minimum absolute atomic E-state index is 0.0454. The predicted octanol–water partition coefficient (Wildman–Crippen LogP) is 2.23. The molecule has 3 aliphatic rings. The fourth-order valence-electron chi connectivity index (χ4n) is 4.93. The van der Waals surface area contributed by atoms with Gasteiger partial charge in [-0.25, -0.2) is 9.97 Å². The number of aromatic amines is 1. The molecule has 1 amide bonds. The highest BCUT2D eigenvalue weighted by molar-refractivity contribution is 5.92. The number of rotatable bonds is 5. The van der Waals surface area contributed by atoms with Gasteiger partial charge >= 0.3 is 0 Å². The number of aryl methyl sites for hydroxylation is 1. The van der Waals surface area contributed by atoms with Crippen molar-refractivity contribution in [1.29, 1.82) is 0 Å². The highest BCUT2D eigenvalue weighted by Gasteiger charge is 2.45. The second kappa shape index (κ2) is 6.68. The molecule has 2 aliphatic carbocycles. The van der Waals surface area contributed by atoms with Gasteiger partial charge in [-0.15, -0.1) is 0 Å². The van der Waals surface area contributed by atoms with Gasteiger partial charge in [-0.2, -0.15) is 5.10 Å². The lowest BCUT2D eigenvalue weighted by Crippen LogP contribution is -2.27. The van der Waals surface area contributed by atoms with Gasteiger partial charge in [0, 0.05) is 31.2 Å². The van der Waals surface area contributed by atoms with Crippen molar-refractivity contribution >= 4 is 11.7 Å². The van der Waals surface area contributed by atoms with Crippen molar-refractivity contribution < 1.29 is 4.79 Å². The first-order chi connectivity index (χ1) is 14.6. The quantitative estimate of drug-likeness (QED) is 0.682. The third kappa shape index (κ3) is 3.07. The Labute approximate surface area is 174 Å². The van der Waals surface area contributed by atoms with E-state index in [1.807, 2.05) is 17.7 Å². The molecule has 2 unspecified atom stereocenters. The smallest absolute Gasteiger partial charge is 0.272 e. The second-order valence-electron chi connectivity index (χ2n) is 8.89. The molecule has 4 heterocycles. The molecule has 0 radical (unpaired) electrons. The summed E-state index contributed by atoms with van der Waals surface area (Å²) in [7, 11) is 0. The third-order valence-electron chi connectivity index (χ3n) is 6.77. The van der Waals surface area contributed by atoms with Gasteiger partial charge in [-0.1, -0.05) is 6.07 Å². The summed E-state index contributed by atoms with van der Waals surface area (Å²) in [6.07, 6.45) is 8.65. The first-order valence-electron chi connectivity index (χ1n) is 10.7. The van der Waals surface area contributed by atoms with Crippen LogP contribution in [0.5, 0.6) is 0 Å². The summed E-state index contributed by atoms with van der Waals surface area (Å²) < 4.78 is 1.93. The summed E-state index contributed by atoms with van der Waals surface area (Å²) in [5, 5.41) is 10.4. The number of anilines is 1. The van der Waals surface area contributed by atoms with E-state index in [0.717, 1.165) is 60.5 Å². The molecule has 3 atom stereocenters. The van der Waals surface area contributed by atoms with Crippen molar-refractivity contribution in [2.45, 2.75) is 38.8 Å². The van der Waals surface area contributed by atoms with Crippen LogP contribution in [0.4, 0.5) is 5.82 Å². The lowest BCUT2D eigenvalue weighted by molar-refractivity contribution is 0.0931. The maximum atomic E-state index is 12.7. The van der Waals surface area contributed by atoms with Crippen molar-refractivity contribution in [2.24, 2.45) is 11.8 Å². The number of nitrogens with zero attached hydrogens (tertiary/aromatic N) is 5. The summed E-state index contributed by atoms with van der Waals surface area (Å²) >= 11 is 0. The van der Waals surface area contributed by atoms with Gasteiger partial charge in [0.2, 0.25) is 0 Å². The number of hydrogen-bond donors (Lipinski definition) is 2. The number of fused-ring (bicyclic) bond motifs is 2. The number of amides is 1. The van der Waals surface area contributed by atoms with Crippen LogP contribution < -0.4 is 10.2 Å². The molecule has 1 saturated carbocycles. The highest BCUT2D eigenvalue weighted by atomic mass is 16.2. The molecule has 0 aromatic carbocycles. The molecule has 3 aromatic rings.